The number of rotatable bonds is 3. The summed E-state index contributed by atoms with van der Waals surface area (Å²) in [6, 6.07) is 6.86. The topological polar surface area (TPSA) is 49.9 Å². The highest BCUT2D eigenvalue weighted by molar-refractivity contribution is 5.89. The van der Waals surface area contributed by atoms with E-state index in [4.69, 9.17) is 4.74 Å². The number of ether oxygens (including phenoxy) is 1. The van der Waals surface area contributed by atoms with Crippen LogP contribution in [-0.4, -0.2) is 53.9 Å². The first-order valence-electron chi connectivity index (χ1n) is 8.58. The molecule has 2 heterocycles. The molecule has 2 amide bonds. The molecule has 1 aromatic rings. The van der Waals surface area contributed by atoms with Gasteiger partial charge in [0, 0.05) is 31.1 Å². The first-order chi connectivity index (χ1) is 11.6. The maximum Gasteiger partial charge on any atom is 0.228 e. The molecular weight excluding hydrogens is 311 g/mol. The Balaban J connectivity index is 1.43. The van der Waals surface area contributed by atoms with E-state index in [1.54, 1.807) is 23.1 Å². The van der Waals surface area contributed by atoms with E-state index in [1.807, 2.05) is 4.90 Å². The lowest BCUT2D eigenvalue weighted by Crippen LogP contribution is -2.45. The van der Waals surface area contributed by atoms with Crippen molar-refractivity contribution >= 4 is 11.8 Å². The number of carbonyl (C=O) groups is 2. The second kappa shape index (κ2) is 6.16. The van der Waals surface area contributed by atoms with Crippen LogP contribution in [0.2, 0.25) is 0 Å². The van der Waals surface area contributed by atoms with Crippen molar-refractivity contribution in [3.63, 3.8) is 0 Å². The Kier molecular flexibility index (Phi) is 4.00. The van der Waals surface area contributed by atoms with Gasteiger partial charge in [0.05, 0.1) is 19.1 Å². The molecule has 0 N–H and O–H groups in total. The Hall–Kier alpha value is -1.95. The molecule has 0 bridgehead atoms. The van der Waals surface area contributed by atoms with Gasteiger partial charge in [-0.05, 0) is 18.9 Å². The van der Waals surface area contributed by atoms with Crippen LogP contribution in [0.5, 0.6) is 0 Å². The van der Waals surface area contributed by atoms with Gasteiger partial charge in [-0.1, -0.05) is 18.2 Å². The third-order valence-electron chi connectivity index (χ3n) is 5.13. The summed E-state index contributed by atoms with van der Waals surface area (Å²) in [6.07, 6.45) is 1.97. The van der Waals surface area contributed by atoms with E-state index in [0.29, 0.717) is 44.3 Å². The number of hydrogen-bond acceptors (Lipinski definition) is 3. The first-order valence-corrected chi connectivity index (χ1v) is 8.58. The molecule has 0 radical (unpaired) electrons. The minimum Gasteiger partial charge on any atom is -0.370 e. The van der Waals surface area contributed by atoms with Gasteiger partial charge in [0.25, 0.3) is 0 Å². The summed E-state index contributed by atoms with van der Waals surface area (Å²) in [5.41, 5.74) is 0.483. The molecule has 2 saturated heterocycles. The Labute approximate surface area is 140 Å². The van der Waals surface area contributed by atoms with E-state index in [0.717, 1.165) is 12.8 Å². The predicted molar refractivity (Wildman–Crippen MR) is 84.5 cm³/mol. The molecule has 5 nitrogen and oxygen atoms in total. The number of nitrogens with zero attached hydrogens (tertiary/aromatic N) is 2. The van der Waals surface area contributed by atoms with E-state index in [-0.39, 0.29) is 23.5 Å². The maximum atomic E-state index is 14.0. The van der Waals surface area contributed by atoms with Gasteiger partial charge in [-0.3, -0.25) is 9.59 Å². The molecular formula is C18H21FN2O3. The number of morpholine rings is 1. The monoisotopic (exact) mass is 332 g/mol. The number of hydrogen-bond donors (Lipinski definition) is 0. The lowest BCUT2D eigenvalue weighted by atomic mass is 10.0. The van der Waals surface area contributed by atoms with Crippen LogP contribution < -0.4 is 0 Å². The van der Waals surface area contributed by atoms with Crippen molar-refractivity contribution in [1.82, 2.24) is 9.80 Å². The maximum absolute atomic E-state index is 14.0. The minimum absolute atomic E-state index is 0.00357. The Morgan fingerprint density at radius 1 is 1.21 bits per heavy atom. The van der Waals surface area contributed by atoms with Crippen molar-refractivity contribution in [3.8, 4) is 0 Å². The van der Waals surface area contributed by atoms with Crippen molar-refractivity contribution in [1.29, 1.82) is 0 Å². The third kappa shape index (κ3) is 2.90. The smallest absolute Gasteiger partial charge is 0.228 e. The molecule has 0 aromatic heterocycles. The molecule has 128 valence electrons. The SMILES string of the molecule is O=C([C@H]1CC(=O)N(C2CC2)C1)N1CCO[C@@H](c2ccccc2F)C1. The number of amides is 2. The van der Waals surface area contributed by atoms with Gasteiger partial charge in [-0.2, -0.15) is 0 Å². The van der Waals surface area contributed by atoms with Gasteiger partial charge >= 0.3 is 0 Å². The first kappa shape index (κ1) is 15.6. The highest BCUT2D eigenvalue weighted by Crippen LogP contribution is 2.34. The quantitative estimate of drug-likeness (QED) is 0.847. The van der Waals surface area contributed by atoms with E-state index in [1.165, 1.54) is 6.07 Å². The van der Waals surface area contributed by atoms with Crippen LogP contribution in [0.15, 0.2) is 24.3 Å². The second-order valence-electron chi connectivity index (χ2n) is 6.84. The van der Waals surface area contributed by atoms with Crippen LogP contribution in [-0.2, 0) is 14.3 Å². The van der Waals surface area contributed by atoms with Crippen LogP contribution in [0.1, 0.15) is 30.9 Å². The fourth-order valence-electron chi connectivity index (χ4n) is 3.67. The lowest BCUT2D eigenvalue weighted by Gasteiger charge is -2.34. The molecule has 2 aliphatic heterocycles. The number of likely N-dealkylation sites (tertiary alicyclic amines) is 1. The van der Waals surface area contributed by atoms with E-state index in [2.05, 4.69) is 0 Å². The van der Waals surface area contributed by atoms with Gasteiger partial charge in [0.15, 0.2) is 0 Å². The van der Waals surface area contributed by atoms with Crippen molar-refractivity contribution in [2.24, 2.45) is 5.92 Å². The zero-order chi connectivity index (χ0) is 16.7. The number of halogens is 1. The highest BCUT2D eigenvalue weighted by atomic mass is 19.1. The second-order valence-corrected chi connectivity index (χ2v) is 6.84. The van der Waals surface area contributed by atoms with Gasteiger partial charge in [-0.25, -0.2) is 4.39 Å². The van der Waals surface area contributed by atoms with Crippen molar-refractivity contribution in [2.75, 3.05) is 26.2 Å². The van der Waals surface area contributed by atoms with E-state index in [9.17, 15) is 14.0 Å². The van der Waals surface area contributed by atoms with Gasteiger partial charge < -0.3 is 14.5 Å². The number of benzene rings is 1. The Morgan fingerprint density at radius 2 is 2.00 bits per heavy atom. The minimum atomic E-state index is -0.444. The molecule has 0 spiro atoms. The third-order valence-corrected chi connectivity index (χ3v) is 5.13. The average molecular weight is 332 g/mol. The van der Waals surface area contributed by atoms with Crippen LogP contribution in [0.4, 0.5) is 4.39 Å². The van der Waals surface area contributed by atoms with Gasteiger partial charge in [0.2, 0.25) is 11.8 Å². The fraction of sp³-hybridized carbons (Fsp3) is 0.556. The summed E-state index contributed by atoms with van der Waals surface area (Å²) in [5, 5.41) is 0. The Morgan fingerprint density at radius 3 is 2.75 bits per heavy atom. The highest BCUT2D eigenvalue weighted by Gasteiger charge is 2.43. The average Bonchev–Trinajstić information content (AvgIpc) is 3.37. The zero-order valence-corrected chi connectivity index (χ0v) is 13.5. The summed E-state index contributed by atoms with van der Waals surface area (Å²) in [7, 11) is 0. The Bertz CT molecular complexity index is 661. The number of carbonyl (C=O) groups excluding carboxylic acids is 2. The predicted octanol–water partition coefficient (Wildman–Crippen LogP) is 1.74. The zero-order valence-electron chi connectivity index (χ0n) is 13.5. The summed E-state index contributed by atoms with van der Waals surface area (Å²) in [5.74, 6) is -0.490. The molecule has 1 saturated carbocycles. The normalized spacial score (nSPS) is 27.6. The van der Waals surface area contributed by atoms with Crippen LogP contribution in [0, 0.1) is 11.7 Å². The van der Waals surface area contributed by atoms with Crippen LogP contribution in [0.25, 0.3) is 0 Å². The van der Waals surface area contributed by atoms with Crippen LogP contribution in [0.3, 0.4) is 0 Å². The van der Waals surface area contributed by atoms with Crippen molar-refractivity contribution < 1.29 is 18.7 Å². The lowest BCUT2D eigenvalue weighted by molar-refractivity contribution is -0.143. The van der Waals surface area contributed by atoms with Gasteiger partial charge in [-0.15, -0.1) is 0 Å². The standard InChI is InChI=1S/C18H21FN2O3/c19-15-4-2-1-3-14(15)16-11-20(7-8-24-16)18(23)12-9-17(22)21(10-12)13-5-6-13/h1-4,12-13,16H,5-11H2/t12-,16+/m0/s1. The van der Waals surface area contributed by atoms with E-state index >= 15 is 0 Å². The molecule has 4 rings (SSSR count). The summed E-state index contributed by atoms with van der Waals surface area (Å²) >= 11 is 0. The fourth-order valence-corrected chi connectivity index (χ4v) is 3.67. The molecule has 6 heteroatoms. The molecule has 0 unspecified atom stereocenters. The molecule has 24 heavy (non-hydrogen) atoms. The largest absolute Gasteiger partial charge is 0.370 e. The molecule has 3 fully saturated rings. The van der Waals surface area contributed by atoms with E-state index < -0.39 is 6.10 Å². The molecule has 1 aliphatic carbocycles. The molecule has 3 aliphatic rings. The van der Waals surface area contributed by atoms with Crippen molar-refractivity contribution in [2.45, 2.75) is 31.4 Å². The summed E-state index contributed by atoms with van der Waals surface area (Å²) in [6.45, 7) is 1.76. The van der Waals surface area contributed by atoms with Crippen molar-refractivity contribution in [3.05, 3.63) is 35.6 Å². The van der Waals surface area contributed by atoms with Gasteiger partial charge in [0.1, 0.15) is 11.9 Å². The molecule has 1 aromatic carbocycles. The summed E-state index contributed by atoms with van der Waals surface area (Å²) in [4.78, 5) is 28.4. The summed E-state index contributed by atoms with van der Waals surface area (Å²) < 4.78 is 19.6. The molecule has 2 atom stereocenters. The van der Waals surface area contributed by atoms with Crippen LogP contribution >= 0.6 is 0 Å².